The first-order valence-corrected chi connectivity index (χ1v) is 9.02. The second kappa shape index (κ2) is 8.60. The molecule has 0 aromatic heterocycles. The quantitative estimate of drug-likeness (QED) is 0.349. The highest BCUT2D eigenvalue weighted by Gasteiger charge is 2.20. The molecule has 0 fully saturated rings. The first-order chi connectivity index (χ1) is 14.3. The van der Waals surface area contributed by atoms with Crippen LogP contribution >= 0.6 is 0 Å². The van der Waals surface area contributed by atoms with Gasteiger partial charge in [-0.3, -0.25) is 14.9 Å². The highest BCUT2D eigenvalue weighted by molar-refractivity contribution is 5.99. The molecule has 0 unspecified atom stereocenters. The predicted octanol–water partition coefficient (Wildman–Crippen LogP) is 3.82. The molecule has 8 nitrogen and oxygen atoms in total. The summed E-state index contributed by atoms with van der Waals surface area (Å²) in [6, 6.07) is 15.0. The molecule has 3 aromatic carbocycles. The van der Waals surface area contributed by atoms with E-state index in [0.29, 0.717) is 0 Å². The van der Waals surface area contributed by atoms with Gasteiger partial charge in [-0.05, 0) is 40.6 Å². The van der Waals surface area contributed by atoms with E-state index >= 15 is 0 Å². The molecule has 0 aliphatic carbocycles. The molecule has 154 valence electrons. The van der Waals surface area contributed by atoms with Crippen molar-refractivity contribution in [3.8, 4) is 5.75 Å². The van der Waals surface area contributed by atoms with Crippen molar-refractivity contribution in [2.45, 2.75) is 6.54 Å². The predicted molar refractivity (Wildman–Crippen MR) is 111 cm³/mol. The highest BCUT2D eigenvalue weighted by Crippen LogP contribution is 2.23. The van der Waals surface area contributed by atoms with E-state index < -0.39 is 16.8 Å². The summed E-state index contributed by atoms with van der Waals surface area (Å²) in [4.78, 5) is 36.7. The number of methoxy groups -OCH3 is 2. The van der Waals surface area contributed by atoms with Crippen LogP contribution in [-0.4, -0.2) is 43.0 Å². The number of amides is 1. The summed E-state index contributed by atoms with van der Waals surface area (Å²) in [5.74, 6) is -0.436. The van der Waals surface area contributed by atoms with Crippen molar-refractivity contribution in [2.75, 3.05) is 21.3 Å². The molecule has 0 saturated carbocycles. The average Bonchev–Trinajstić information content (AvgIpc) is 2.77. The van der Waals surface area contributed by atoms with Gasteiger partial charge in [0.2, 0.25) is 0 Å². The van der Waals surface area contributed by atoms with Gasteiger partial charge in [-0.15, -0.1) is 0 Å². The number of hydrogen-bond acceptors (Lipinski definition) is 6. The second-order valence-corrected chi connectivity index (χ2v) is 6.73. The number of rotatable bonds is 6. The van der Waals surface area contributed by atoms with Crippen molar-refractivity contribution in [3.05, 3.63) is 81.4 Å². The number of fused-ring (bicyclic) bond motifs is 1. The Morgan fingerprint density at radius 1 is 0.967 bits per heavy atom. The molecule has 0 spiro atoms. The molecule has 0 atom stereocenters. The summed E-state index contributed by atoms with van der Waals surface area (Å²) in [5, 5.41) is 13.2. The molecule has 3 rings (SSSR count). The third-order valence-corrected chi connectivity index (χ3v) is 4.67. The van der Waals surface area contributed by atoms with Gasteiger partial charge < -0.3 is 14.4 Å². The Labute approximate surface area is 172 Å². The molecule has 30 heavy (non-hydrogen) atoms. The van der Waals surface area contributed by atoms with Crippen molar-refractivity contribution < 1.29 is 24.0 Å². The second-order valence-electron chi connectivity index (χ2n) is 6.73. The van der Waals surface area contributed by atoms with Gasteiger partial charge in [0.1, 0.15) is 5.75 Å². The van der Waals surface area contributed by atoms with Crippen molar-refractivity contribution in [3.63, 3.8) is 0 Å². The lowest BCUT2D eigenvalue weighted by atomic mass is 10.1. The normalized spacial score (nSPS) is 10.5. The van der Waals surface area contributed by atoms with Crippen LogP contribution in [0.5, 0.6) is 5.75 Å². The van der Waals surface area contributed by atoms with Gasteiger partial charge in [-0.25, -0.2) is 4.79 Å². The largest absolute Gasteiger partial charge is 0.497 e. The topological polar surface area (TPSA) is 99.0 Å². The van der Waals surface area contributed by atoms with E-state index in [1.807, 2.05) is 36.4 Å². The van der Waals surface area contributed by atoms with Gasteiger partial charge in [-0.2, -0.15) is 0 Å². The number of ether oxygens (including phenoxy) is 2. The number of esters is 1. The van der Waals surface area contributed by atoms with Gasteiger partial charge in [-0.1, -0.05) is 18.2 Å². The summed E-state index contributed by atoms with van der Waals surface area (Å²) in [6.07, 6.45) is 0. The number of hydrogen-bond donors (Lipinski definition) is 0. The van der Waals surface area contributed by atoms with Crippen LogP contribution in [0.3, 0.4) is 0 Å². The lowest BCUT2D eigenvalue weighted by molar-refractivity contribution is -0.384. The minimum atomic E-state index is -0.750. The van der Waals surface area contributed by atoms with Crippen LogP contribution in [0.15, 0.2) is 54.6 Å². The molecule has 0 aliphatic heterocycles. The fourth-order valence-corrected chi connectivity index (χ4v) is 3.14. The van der Waals surface area contributed by atoms with Crippen molar-refractivity contribution in [2.24, 2.45) is 0 Å². The zero-order valence-electron chi connectivity index (χ0n) is 16.7. The maximum atomic E-state index is 12.9. The number of carbonyl (C=O) groups excluding carboxylic acids is 2. The summed E-state index contributed by atoms with van der Waals surface area (Å²) in [5.41, 5.74) is 0.525. The smallest absolute Gasteiger partial charge is 0.338 e. The first kappa shape index (κ1) is 20.8. The zero-order chi connectivity index (χ0) is 21.8. The monoisotopic (exact) mass is 408 g/mol. The molecule has 0 bridgehead atoms. The minimum Gasteiger partial charge on any atom is -0.497 e. The SMILES string of the molecule is COC(=O)c1cc(C(=O)N(C)Cc2ccc3cc(OC)ccc3c2)cc([N+](=O)[O-])c1. The number of carbonyl (C=O) groups is 2. The first-order valence-electron chi connectivity index (χ1n) is 9.02. The molecule has 3 aromatic rings. The van der Waals surface area contributed by atoms with E-state index in [-0.39, 0.29) is 23.4 Å². The van der Waals surface area contributed by atoms with Crippen molar-refractivity contribution in [1.29, 1.82) is 0 Å². The Kier molecular flexibility index (Phi) is 5.96. The molecule has 0 aliphatic rings. The number of nitro benzene ring substituents is 1. The molecular formula is C22H20N2O6. The maximum absolute atomic E-state index is 12.9. The Balaban J connectivity index is 1.86. The summed E-state index contributed by atoms with van der Waals surface area (Å²) < 4.78 is 9.85. The maximum Gasteiger partial charge on any atom is 0.338 e. The molecular weight excluding hydrogens is 388 g/mol. The standard InChI is InChI=1S/C22H20N2O6/c1-23(13-14-4-5-16-12-20(29-2)7-6-15(16)8-14)21(25)17-9-18(22(26)30-3)11-19(10-17)24(27)28/h4-12H,13H2,1-3H3. The van der Waals surface area contributed by atoms with Crippen molar-refractivity contribution in [1.82, 2.24) is 4.90 Å². The van der Waals surface area contributed by atoms with Crippen molar-refractivity contribution >= 4 is 28.3 Å². The molecule has 0 N–H and O–H groups in total. The van der Waals surface area contributed by atoms with Crippen LogP contribution in [0.4, 0.5) is 5.69 Å². The van der Waals surface area contributed by atoms with Crippen LogP contribution < -0.4 is 4.74 Å². The van der Waals surface area contributed by atoms with E-state index in [4.69, 9.17) is 4.74 Å². The van der Waals surface area contributed by atoms with Gasteiger partial charge >= 0.3 is 5.97 Å². The Hall–Kier alpha value is -3.94. The fraction of sp³-hybridized carbons (Fsp3) is 0.182. The zero-order valence-corrected chi connectivity index (χ0v) is 16.7. The van der Waals surface area contributed by atoms with E-state index in [2.05, 4.69) is 4.74 Å². The van der Waals surface area contributed by atoms with E-state index in [1.165, 1.54) is 18.1 Å². The lowest BCUT2D eigenvalue weighted by Gasteiger charge is -2.18. The summed E-state index contributed by atoms with van der Waals surface area (Å²) >= 11 is 0. The van der Waals surface area contributed by atoms with Gasteiger partial charge in [0, 0.05) is 31.3 Å². The third-order valence-electron chi connectivity index (χ3n) is 4.67. The Bertz CT molecular complexity index is 1140. The van der Waals surface area contributed by atoms with Gasteiger partial charge in [0.25, 0.3) is 11.6 Å². The number of nitro groups is 1. The molecule has 8 heteroatoms. The fourth-order valence-electron chi connectivity index (χ4n) is 3.14. The number of non-ortho nitro benzene ring substituents is 1. The van der Waals surface area contributed by atoms with Crippen LogP contribution in [-0.2, 0) is 11.3 Å². The summed E-state index contributed by atoms with van der Waals surface area (Å²) in [6.45, 7) is 0.289. The lowest BCUT2D eigenvalue weighted by Crippen LogP contribution is -2.26. The van der Waals surface area contributed by atoms with E-state index in [1.54, 1.807) is 14.2 Å². The Morgan fingerprint density at radius 3 is 2.30 bits per heavy atom. The highest BCUT2D eigenvalue weighted by atomic mass is 16.6. The van der Waals surface area contributed by atoms with Crippen LogP contribution in [0.1, 0.15) is 26.3 Å². The summed E-state index contributed by atoms with van der Waals surface area (Å²) in [7, 11) is 4.37. The average molecular weight is 408 g/mol. The van der Waals surface area contributed by atoms with Crippen LogP contribution in [0.25, 0.3) is 10.8 Å². The van der Waals surface area contributed by atoms with Crippen LogP contribution in [0, 0.1) is 10.1 Å². The van der Waals surface area contributed by atoms with E-state index in [0.717, 1.165) is 34.2 Å². The van der Waals surface area contributed by atoms with E-state index in [9.17, 15) is 19.7 Å². The van der Waals surface area contributed by atoms with Crippen LogP contribution in [0.2, 0.25) is 0 Å². The Morgan fingerprint density at radius 2 is 1.63 bits per heavy atom. The number of benzene rings is 3. The third kappa shape index (κ3) is 4.38. The minimum absolute atomic E-state index is 0.0395. The molecule has 0 radical (unpaired) electrons. The number of nitrogens with zero attached hydrogens (tertiary/aromatic N) is 2. The van der Waals surface area contributed by atoms with Gasteiger partial charge in [0.15, 0.2) is 0 Å². The molecule has 0 saturated heterocycles. The molecule has 1 amide bonds. The molecule has 0 heterocycles. The van der Waals surface area contributed by atoms with Gasteiger partial charge in [0.05, 0.1) is 24.7 Å².